The zero-order valence-electron chi connectivity index (χ0n) is 22.5. The number of halogens is 1. The minimum Gasteiger partial charge on any atom is -0.497 e. The van der Waals surface area contributed by atoms with Gasteiger partial charge in [0.2, 0.25) is 0 Å². The quantitative estimate of drug-likeness (QED) is 0.190. The van der Waals surface area contributed by atoms with Crippen LogP contribution in [0.3, 0.4) is 0 Å². The topological polar surface area (TPSA) is 72.5 Å². The average Bonchev–Trinajstić information content (AvgIpc) is 3.02. The van der Waals surface area contributed by atoms with E-state index in [1.54, 1.807) is 38.5 Å². The summed E-state index contributed by atoms with van der Waals surface area (Å²) in [4.78, 5) is 4.14. The van der Waals surface area contributed by atoms with Gasteiger partial charge in [0.05, 0.1) is 37.5 Å². The molecule has 5 aromatic carbocycles. The molecule has 0 radical (unpaired) electrons. The standard InChI is InChI=1S/C34H25ClN4O2/c1-40-33-15-11-29(12-16-33)38(27-7-3-24(22-36)4-8-27)31-19-26(35)20-32(21-31)39(28-9-5-25(23-37)6-10-28)30-13-17-34(41-2)18-14-30/h3-21H,1-2H3. The highest BCUT2D eigenvalue weighted by Crippen LogP contribution is 2.42. The predicted octanol–water partition coefficient (Wildman–Crippen LogP) is 9.04. The summed E-state index contributed by atoms with van der Waals surface area (Å²) >= 11 is 6.80. The van der Waals surface area contributed by atoms with Crippen molar-refractivity contribution < 1.29 is 9.47 Å². The van der Waals surface area contributed by atoms with Crippen molar-refractivity contribution in [1.82, 2.24) is 0 Å². The maximum atomic E-state index is 9.35. The Morgan fingerprint density at radius 1 is 0.488 bits per heavy atom. The summed E-state index contributed by atoms with van der Waals surface area (Å²) < 4.78 is 10.8. The van der Waals surface area contributed by atoms with Crippen molar-refractivity contribution in [1.29, 1.82) is 10.5 Å². The van der Waals surface area contributed by atoms with Gasteiger partial charge in [-0.2, -0.15) is 10.5 Å². The van der Waals surface area contributed by atoms with Crippen molar-refractivity contribution in [2.24, 2.45) is 0 Å². The lowest BCUT2D eigenvalue weighted by atomic mass is 10.1. The molecule has 0 atom stereocenters. The molecule has 0 unspecified atom stereocenters. The average molecular weight is 557 g/mol. The first-order chi connectivity index (χ1) is 20.0. The van der Waals surface area contributed by atoms with E-state index in [2.05, 4.69) is 28.0 Å². The van der Waals surface area contributed by atoms with E-state index in [-0.39, 0.29) is 0 Å². The van der Waals surface area contributed by atoms with E-state index in [0.717, 1.165) is 45.6 Å². The van der Waals surface area contributed by atoms with E-state index >= 15 is 0 Å². The first-order valence-electron chi connectivity index (χ1n) is 12.7. The molecule has 6 nitrogen and oxygen atoms in total. The van der Waals surface area contributed by atoms with Crippen LogP contribution in [0.1, 0.15) is 11.1 Å². The van der Waals surface area contributed by atoms with Gasteiger partial charge in [-0.3, -0.25) is 0 Å². The zero-order valence-corrected chi connectivity index (χ0v) is 23.2. The SMILES string of the molecule is COc1ccc(N(c2ccc(C#N)cc2)c2cc(Cl)cc(N(c3ccc(C#N)cc3)c3ccc(OC)cc3)c2)cc1. The molecule has 5 rings (SSSR count). The van der Waals surface area contributed by atoms with Crippen molar-refractivity contribution in [3.63, 3.8) is 0 Å². The molecule has 0 amide bonds. The maximum absolute atomic E-state index is 9.35. The van der Waals surface area contributed by atoms with Gasteiger partial charge in [-0.15, -0.1) is 0 Å². The Morgan fingerprint density at radius 3 is 1.10 bits per heavy atom. The number of nitrogens with zero attached hydrogens (tertiary/aromatic N) is 4. The molecule has 0 aromatic heterocycles. The second kappa shape index (κ2) is 12.2. The number of hydrogen-bond donors (Lipinski definition) is 0. The lowest BCUT2D eigenvalue weighted by Gasteiger charge is -2.30. The molecule has 7 heteroatoms. The first kappa shape index (κ1) is 27.1. The third-order valence-corrected chi connectivity index (χ3v) is 6.77. The third-order valence-electron chi connectivity index (χ3n) is 6.55. The molecule has 0 saturated carbocycles. The molecule has 41 heavy (non-hydrogen) atoms. The van der Waals surface area contributed by atoms with Crippen molar-refractivity contribution in [3.8, 4) is 23.6 Å². The fraction of sp³-hybridized carbons (Fsp3) is 0.0588. The molecule has 0 aliphatic heterocycles. The zero-order chi connectivity index (χ0) is 28.8. The monoisotopic (exact) mass is 556 g/mol. The molecule has 0 spiro atoms. The van der Waals surface area contributed by atoms with Crippen LogP contribution in [-0.2, 0) is 0 Å². The number of rotatable bonds is 8. The normalized spacial score (nSPS) is 10.3. The number of nitriles is 2. The van der Waals surface area contributed by atoms with E-state index in [4.69, 9.17) is 21.1 Å². The number of benzene rings is 5. The van der Waals surface area contributed by atoms with E-state index < -0.39 is 0 Å². The smallest absolute Gasteiger partial charge is 0.119 e. The summed E-state index contributed by atoms with van der Waals surface area (Å²) in [5.41, 5.74) is 6.26. The summed E-state index contributed by atoms with van der Waals surface area (Å²) in [6.45, 7) is 0. The molecule has 0 fully saturated rings. The van der Waals surface area contributed by atoms with Crippen LogP contribution in [0.15, 0.2) is 115 Å². The molecule has 200 valence electrons. The van der Waals surface area contributed by atoms with E-state index in [1.807, 2.05) is 84.9 Å². The summed E-state index contributed by atoms with van der Waals surface area (Å²) in [5, 5.41) is 19.2. The predicted molar refractivity (Wildman–Crippen MR) is 163 cm³/mol. The third kappa shape index (κ3) is 5.94. The van der Waals surface area contributed by atoms with Crippen LogP contribution in [0, 0.1) is 22.7 Å². The first-order valence-corrected chi connectivity index (χ1v) is 13.1. The van der Waals surface area contributed by atoms with Gasteiger partial charge in [-0.1, -0.05) is 11.6 Å². The van der Waals surface area contributed by atoms with E-state index in [1.165, 1.54) is 0 Å². The van der Waals surface area contributed by atoms with Gasteiger partial charge < -0.3 is 19.3 Å². The minimum absolute atomic E-state index is 0.539. The molecule has 0 aliphatic carbocycles. The van der Waals surface area contributed by atoms with Gasteiger partial charge >= 0.3 is 0 Å². The molecule has 0 N–H and O–H groups in total. The Balaban J connectivity index is 1.68. The largest absolute Gasteiger partial charge is 0.497 e. The molecule has 0 saturated heterocycles. The van der Waals surface area contributed by atoms with Crippen molar-refractivity contribution >= 4 is 45.7 Å². The van der Waals surface area contributed by atoms with Crippen LogP contribution < -0.4 is 19.3 Å². The van der Waals surface area contributed by atoms with Crippen LogP contribution in [0.2, 0.25) is 5.02 Å². The summed E-state index contributed by atoms with van der Waals surface area (Å²) in [6.07, 6.45) is 0. The number of ether oxygens (including phenoxy) is 2. The molecule has 0 heterocycles. The minimum atomic E-state index is 0.539. The summed E-state index contributed by atoms with van der Waals surface area (Å²) in [6, 6.07) is 40.5. The van der Waals surface area contributed by atoms with Crippen LogP contribution in [0.25, 0.3) is 0 Å². The maximum Gasteiger partial charge on any atom is 0.119 e. The Bertz CT molecular complexity index is 1590. The van der Waals surface area contributed by atoms with Crippen LogP contribution >= 0.6 is 11.6 Å². The number of anilines is 6. The summed E-state index contributed by atoms with van der Waals surface area (Å²) in [7, 11) is 3.26. The second-order valence-corrected chi connectivity index (χ2v) is 9.49. The number of methoxy groups -OCH3 is 2. The fourth-order valence-corrected chi connectivity index (χ4v) is 4.77. The highest BCUT2D eigenvalue weighted by molar-refractivity contribution is 6.31. The Hall–Kier alpha value is -5.43. The van der Waals surface area contributed by atoms with Gasteiger partial charge in [0.15, 0.2) is 0 Å². The molecular weight excluding hydrogens is 532 g/mol. The highest BCUT2D eigenvalue weighted by Gasteiger charge is 2.19. The van der Waals surface area contributed by atoms with Gasteiger partial charge in [-0.05, 0) is 115 Å². The Labute approximate surface area is 244 Å². The molecule has 5 aromatic rings. The lowest BCUT2D eigenvalue weighted by Crippen LogP contribution is -2.13. The van der Waals surface area contributed by atoms with Crippen LogP contribution in [0.4, 0.5) is 34.1 Å². The van der Waals surface area contributed by atoms with Crippen molar-refractivity contribution in [2.75, 3.05) is 24.0 Å². The molecule has 0 aliphatic rings. The van der Waals surface area contributed by atoms with Gasteiger partial charge in [0, 0.05) is 39.1 Å². The Kier molecular flexibility index (Phi) is 8.06. The second-order valence-electron chi connectivity index (χ2n) is 9.05. The van der Waals surface area contributed by atoms with Crippen molar-refractivity contribution in [3.05, 3.63) is 131 Å². The highest BCUT2D eigenvalue weighted by atomic mass is 35.5. The van der Waals surface area contributed by atoms with Gasteiger partial charge in [0.25, 0.3) is 0 Å². The van der Waals surface area contributed by atoms with E-state index in [9.17, 15) is 10.5 Å². The van der Waals surface area contributed by atoms with Crippen molar-refractivity contribution in [2.45, 2.75) is 0 Å². The molecular formula is C34H25ClN4O2. The Morgan fingerprint density at radius 2 is 0.805 bits per heavy atom. The van der Waals surface area contributed by atoms with Gasteiger partial charge in [0.1, 0.15) is 11.5 Å². The lowest BCUT2D eigenvalue weighted by molar-refractivity contribution is 0.414. The summed E-state index contributed by atoms with van der Waals surface area (Å²) in [5.74, 6) is 1.48. The van der Waals surface area contributed by atoms with E-state index in [0.29, 0.717) is 16.1 Å². The van der Waals surface area contributed by atoms with Gasteiger partial charge in [-0.25, -0.2) is 0 Å². The van der Waals surface area contributed by atoms with Crippen LogP contribution in [-0.4, -0.2) is 14.2 Å². The van der Waals surface area contributed by atoms with Crippen LogP contribution in [0.5, 0.6) is 11.5 Å². The fourth-order valence-electron chi connectivity index (χ4n) is 4.54. The number of hydrogen-bond acceptors (Lipinski definition) is 6. The molecule has 0 bridgehead atoms.